The molecule has 1 aromatic rings. The number of imidazole rings is 1. The van der Waals surface area contributed by atoms with E-state index >= 15 is 0 Å². The van der Waals surface area contributed by atoms with Gasteiger partial charge in [-0.05, 0) is 32.7 Å². The SMILES string of the molecule is CC(N)C(=O)NC(Cc1cnc[nH]1)C(=O)NC(CO)C(=O)NC(CCCCN)C(=O)O. The molecule has 0 saturated heterocycles. The number of aromatic amines is 1. The van der Waals surface area contributed by atoms with Gasteiger partial charge in [0.1, 0.15) is 18.1 Å². The van der Waals surface area contributed by atoms with Gasteiger partial charge in [0.05, 0.1) is 19.0 Å². The second-order valence-electron chi connectivity index (χ2n) is 7.06. The fourth-order valence-corrected chi connectivity index (χ4v) is 2.62. The molecule has 1 heterocycles. The number of aliphatic hydroxyl groups is 1. The van der Waals surface area contributed by atoms with E-state index in [0.717, 1.165) is 0 Å². The molecule has 0 aromatic carbocycles. The standard InChI is InChI=1S/C18H31N7O6/c1-10(20)15(27)24-13(6-11-7-21-9-22-11)16(28)25-14(8-26)17(29)23-12(18(30)31)4-2-3-5-19/h7,9-10,12-14,26H,2-6,8,19-20H2,1H3,(H,21,22)(H,23,29)(H,24,27)(H,25,28)(H,30,31). The van der Waals surface area contributed by atoms with Gasteiger partial charge in [0.25, 0.3) is 0 Å². The minimum absolute atomic E-state index is 0.0287. The fraction of sp³-hybridized carbons (Fsp3) is 0.611. The number of carbonyl (C=O) groups excluding carboxylic acids is 3. The van der Waals surface area contributed by atoms with E-state index in [-0.39, 0.29) is 12.8 Å². The number of aliphatic hydroxyl groups excluding tert-OH is 1. The van der Waals surface area contributed by atoms with E-state index < -0.39 is 54.5 Å². The average molecular weight is 441 g/mol. The second-order valence-corrected chi connectivity index (χ2v) is 7.06. The van der Waals surface area contributed by atoms with Gasteiger partial charge in [0.2, 0.25) is 17.7 Å². The van der Waals surface area contributed by atoms with Crippen LogP contribution in [0.2, 0.25) is 0 Å². The molecule has 0 spiro atoms. The van der Waals surface area contributed by atoms with Crippen LogP contribution in [0.3, 0.4) is 0 Å². The third-order valence-electron chi connectivity index (χ3n) is 4.40. The molecule has 0 aliphatic carbocycles. The average Bonchev–Trinajstić information content (AvgIpc) is 3.23. The lowest BCUT2D eigenvalue weighted by molar-refractivity contribution is -0.142. The Kier molecular flexibility index (Phi) is 11.2. The van der Waals surface area contributed by atoms with Crippen molar-refractivity contribution >= 4 is 23.7 Å². The van der Waals surface area contributed by atoms with Gasteiger partial charge < -0.3 is 42.6 Å². The van der Waals surface area contributed by atoms with Crippen LogP contribution < -0.4 is 27.4 Å². The van der Waals surface area contributed by atoms with E-state index in [4.69, 9.17) is 11.5 Å². The maximum atomic E-state index is 12.7. The molecule has 10 N–H and O–H groups in total. The lowest BCUT2D eigenvalue weighted by atomic mass is 10.1. The van der Waals surface area contributed by atoms with Crippen molar-refractivity contribution in [2.75, 3.05) is 13.2 Å². The summed E-state index contributed by atoms with van der Waals surface area (Å²) in [7, 11) is 0. The number of hydrogen-bond acceptors (Lipinski definition) is 8. The largest absolute Gasteiger partial charge is 0.480 e. The summed E-state index contributed by atoms with van der Waals surface area (Å²) in [5, 5.41) is 25.9. The Balaban J connectivity index is 2.83. The first kappa shape index (κ1) is 26.0. The molecule has 0 aliphatic rings. The van der Waals surface area contributed by atoms with Crippen molar-refractivity contribution < 1.29 is 29.4 Å². The first-order chi connectivity index (χ1) is 14.7. The number of H-pyrrole nitrogens is 1. The Morgan fingerprint density at radius 2 is 1.68 bits per heavy atom. The molecule has 0 saturated carbocycles. The molecule has 1 rings (SSSR count). The van der Waals surface area contributed by atoms with E-state index in [0.29, 0.717) is 25.1 Å². The van der Waals surface area contributed by atoms with E-state index in [2.05, 4.69) is 25.9 Å². The lowest BCUT2D eigenvalue weighted by Crippen LogP contribution is -2.58. The number of carbonyl (C=O) groups is 4. The third-order valence-corrected chi connectivity index (χ3v) is 4.40. The number of carboxylic acids is 1. The number of nitrogens with two attached hydrogens (primary N) is 2. The molecule has 174 valence electrons. The molecule has 0 radical (unpaired) electrons. The number of aromatic nitrogens is 2. The van der Waals surface area contributed by atoms with E-state index in [1.54, 1.807) is 0 Å². The highest BCUT2D eigenvalue weighted by Crippen LogP contribution is 2.03. The number of carboxylic acid groups (broad SMARTS) is 1. The molecular weight excluding hydrogens is 410 g/mol. The minimum atomic E-state index is -1.42. The summed E-state index contributed by atoms with van der Waals surface area (Å²) in [5.41, 5.74) is 11.5. The van der Waals surface area contributed by atoms with Crippen LogP contribution in [-0.4, -0.2) is 81.2 Å². The smallest absolute Gasteiger partial charge is 0.326 e. The molecule has 0 fully saturated rings. The van der Waals surface area contributed by atoms with Crippen LogP contribution in [0.5, 0.6) is 0 Å². The topological polar surface area (TPSA) is 226 Å². The molecule has 4 unspecified atom stereocenters. The quantitative estimate of drug-likeness (QED) is 0.137. The zero-order valence-corrected chi connectivity index (χ0v) is 17.3. The molecule has 1 aromatic heterocycles. The molecule has 4 atom stereocenters. The Labute approximate surface area is 179 Å². The molecular formula is C18H31N7O6. The predicted octanol–water partition coefficient (Wildman–Crippen LogP) is -3.04. The van der Waals surface area contributed by atoms with Crippen LogP contribution in [0.1, 0.15) is 31.9 Å². The Bertz CT molecular complexity index is 725. The van der Waals surface area contributed by atoms with Crippen LogP contribution >= 0.6 is 0 Å². The monoisotopic (exact) mass is 441 g/mol. The summed E-state index contributed by atoms with van der Waals surface area (Å²) in [6, 6.07) is -4.59. The zero-order valence-electron chi connectivity index (χ0n) is 17.3. The van der Waals surface area contributed by atoms with Crippen molar-refractivity contribution in [1.29, 1.82) is 0 Å². The van der Waals surface area contributed by atoms with E-state index in [1.807, 2.05) is 0 Å². The van der Waals surface area contributed by atoms with Crippen LogP contribution in [0, 0.1) is 0 Å². The molecule has 31 heavy (non-hydrogen) atoms. The van der Waals surface area contributed by atoms with Gasteiger partial charge in [0, 0.05) is 18.3 Å². The van der Waals surface area contributed by atoms with Crippen LogP contribution in [0.4, 0.5) is 0 Å². The first-order valence-electron chi connectivity index (χ1n) is 9.87. The maximum Gasteiger partial charge on any atom is 0.326 e. The van der Waals surface area contributed by atoms with E-state index in [1.165, 1.54) is 19.4 Å². The number of unbranched alkanes of at least 4 members (excludes halogenated alkanes) is 1. The molecule has 3 amide bonds. The first-order valence-corrected chi connectivity index (χ1v) is 9.87. The summed E-state index contributed by atoms with van der Waals surface area (Å²) in [6.45, 7) is 1.06. The summed E-state index contributed by atoms with van der Waals surface area (Å²) in [6.07, 6.45) is 4.12. The highest BCUT2D eigenvalue weighted by Gasteiger charge is 2.29. The number of aliphatic carboxylic acids is 1. The van der Waals surface area contributed by atoms with Gasteiger partial charge in [-0.2, -0.15) is 0 Å². The number of nitrogens with one attached hydrogen (secondary N) is 4. The third kappa shape index (κ3) is 9.11. The maximum absolute atomic E-state index is 12.7. The van der Waals surface area contributed by atoms with Crippen molar-refractivity contribution in [2.45, 2.75) is 56.8 Å². The normalized spacial score (nSPS) is 14.7. The van der Waals surface area contributed by atoms with Crippen LogP contribution in [0.25, 0.3) is 0 Å². The Morgan fingerprint density at radius 1 is 1.06 bits per heavy atom. The lowest BCUT2D eigenvalue weighted by Gasteiger charge is -2.23. The van der Waals surface area contributed by atoms with Crippen molar-refractivity contribution in [3.63, 3.8) is 0 Å². The molecule has 13 nitrogen and oxygen atoms in total. The Hall–Kier alpha value is -3.03. The van der Waals surface area contributed by atoms with Gasteiger partial charge in [-0.15, -0.1) is 0 Å². The fourth-order valence-electron chi connectivity index (χ4n) is 2.62. The van der Waals surface area contributed by atoms with Crippen molar-refractivity contribution in [3.05, 3.63) is 18.2 Å². The van der Waals surface area contributed by atoms with Crippen molar-refractivity contribution in [1.82, 2.24) is 25.9 Å². The molecule has 0 bridgehead atoms. The van der Waals surface area contributed by atoms with Gasteiger partial charge in [-0.25, -0.2) is 9.78 Å². The number of rotatable bonds is 14. The molecule has 0 aliphatic heterocycles. The summed E-state index contributed by atoms with van der Waals surface area (Å²) in [4.78, 5) is 55.1. The zero-order chi connectivity index (χ0) is 23.4. The Morgan fingerprint density at radius 3 is 2.19 bits per heavy atom. The minimum Gasteiger partial charge on any atom is -0.480 e. The summed E-state index contributed by atoms with van der Waals surface area (Å²) >= 11 is 0. The highest BCUT2D eigenvalue weighted by atomic mass is 16.4. The molecule has 13 heteroatoms. The number of hydrogen-bond donors (Lipinski definition) is 8. The number of amides is 3. The number of nitrogens with zero attached hydrogens (tertiary/aromatic N) is 1. The highest BCUT2D eigenvalue weighted by molar-refractivity contribution is 5.94. The summed E-state index contributed by atoms with van der Waals surface area (Å²) in [5.74, 6) is -3.45. The summed E-state index contributed by atoms with van der Waals surface area (Å²) < 4.78 is 0. The van der Waals surface area contributed by atoms with Gasteiger partial charge in [0.15, 0.2) is 0 Å². The van der Waals surface area contributed by atoms with Crippen molar-refractivity contribution in [3.8, 4) is 0 Å². The van der Waals surface area contributed by atoms with E-state index in [9.17, 15) is 29.4 Å². The van der Waals surface area contributed by atoms with Gasteiger partial charge in [-0.1, -0.05) is 0 Å². The van der Waals surface area contributed by atoms with Crippen LogP contribution in [-0.2, 0) is 25.6 Å². The van der Waals surface area contributed by atoms with Gasteiger partial charge in [-0.3, -0.25) is 14.4 Å². The predicted molar refractivity (Wildman–Crippen MR) is 109 cm³/mol. The van der Waals surface area contributed by atoms with Crippen molar-refractivity contribution in [2.24, 2.45) is 11.5 Å². The second kappa shape index (κ2) is 13.3. The van der Waals surface area contributed by atoms with Crippen LogP contribution in [0.15, 0.2) is 12.5 Å². The van der Waals surface area contributed by atoms with Gasteiger partial charge >= 0.3 is 5.97 Å².